The van der Waals surface area contributed by atoms with Gasteiger partial charge in [0, 0.05) is 11.9 Å². The summed E-state index contributed by atoms with van der Waals surface area (Å²) < 4.78 is 9.93. The van der Waals surface area contributed by atoms with Crippen LogP contribution in [0.25, 0.3) is 0 Å². The Kier molecular flexibility index (Phi) is 4.70. The highest BCUT2D eigenvalue weighted by Gasteiger charge is 2.40. The third-order valence-corrected chi connectivity index (χ3v) is 3.10. The Morgan fingerprint density at radius 3 is 2.67 bits per heavy atom. The number of hydrogen-bond acceptors (Lipinski definition) is 5. The zero-order valence-corrected chi connectivity index (χ0v) is 9.86. The highest BCUT2D eigenvalue weighted by molar-refractivity contribution is 8.06. The van der Waals surface area contributed by atoms with Gasteiger partial charge in [0.05, 0.1) is 6.61 Å². The molecule has 2 radical (unpaired) electrons. The molecule has 0 aliphatic carbocycles. The van der Waals surface area contributed by atoms with Crippen molar-refractivity contribution in [1.82, 2.24) is 0 Å². The molecule has 1 aliphatic heterocycles. The first-order chi connectivity index (χ1) is 6.85. The zero-order valence-electron chi connectivity index (χ0n) is 8.15. The summed E-state index contributed by atoms with van der Waals surface area (Å²) in [5.74, 6) is 4.98. The summed E-state index contributed by atoms with van der Waals surface area (Å²) in [7, 11) is 5.62. The Morgan fingerprint density at radius 1 is 1.60 bits per heavy atom. The minimum Gasteiger partial charge on any atom is -0.379 e. The first-order valence-electron chi connectivity index (χ1n) is 4.32. The van der Waals surface area contributed by atoms with Gasteiger partial charge in [-0.05, 0) is 11.8 Å². The molecule has 1 aliphatic rings. The molecule has 6 nitrogen and oxygen atoms in total. The Hall–Kier alpha value is 0.475. The Morgan fingerprint density at radius 2 is 2.20 bits per heavy atom. The fraction of sp³-hybridized carbons (Fsp3) is 1.00. The molecule has 0 saturated carbocycles. The summed E-state index contributed by atoms with van der Waals surface area (Å²) in [6.45, 7) is -1.97. The van der Waals surface area contributed by atoms with Gasteiger partial charge in [0.1, 0.15) is 20.1 Å². The smallest absolute Gasteiger partial charge is 0.321 e. The average Bonchev–Trinajstić information content (AvgIpc) is 2.38. The predicted octanol–water partition coefficient (Wildman–Crippen LogP) is -1.000. The number of ether oxygens (including phenoxy) is 1. The van der Waals surface area contributed by atoms with Crippen LogP contribution in [0.5, 0.6) is 0 Å². The van der Waals surface area contributed by atoms with Gasteiger partial charge in [-0.3, -0.25) is 4.84 Å². The van der Waals surface area contributed by atoms with Gasteiger partial charge in [-0.15, -0.1) is 0 Å². The van der Waals surface area contributed by atoms with Gasteiger partial charge in [0.15, 0.2) is 0 Å². The molecule has 1 saturated heterocycles. The van der Waals surface area contributed by atoms with Crippen molar-refractivity contribution in [3.63, 3.8) is 0 Å². The quantitative estimate of drug-likeness (QED) is 0.336. The maximum atomic E-state index is 8.87. The van der Waals surface area contributed by atoms with Gasteiger partial charge in [-0.1, -0.05) is 6.92 Å². The monoisotopic (exact) mass is 253 g/mol. The van der Waals surface area contributed by atoms with Gasteiger partial charge < -0.3 is 19.0 Å². The minimum absolute atomic E-state index is 0.0983. The van der Waals surface area contributed by atoms with Crippen molar-refractivity contribution in [3.05, 3.63) is 0 Å². The van der Waals surface area contributed by atoms with Crippen LogP contribution in [-0.4, -0.2) is 42.5 Å². The van der Waals surface area contributed by atoms with Gasteiger partial charge in [-0.25, -0.2) is 5.90 Å². The normalized spacial score (nSPS) is 37.1. The lowest BCUT2D eigenvalue weighted by atomic mass is 9.86. The van der Waals surface area contributed by atoms with E-state index < -0.39 is 24.9 Å². The lowest BCUT2D eigenvalue weighted by Gasteiger charge is -2.19. The maximum absolute atomic E-state index is 8.87. The molecular formula is C6H13BNO5PS. The molecule has 4 atom stereocenters. The van der Waals surface area contributed by atoms with E-state index in [2.05, 4.69) is 16.3 Å². The topological polar surface area (TPSA) is 94.2 Å². The Labute approximate surface area is 94.3 Å². The van der Waals surface area contributed by atoms with Crippen LogP contribution in [-0.2, 0) is 25.9 Å². The highest BCUT2D eigenvalue weighted by atomic mass is 32.5. The third kappa shape index (κ3) is 3.76. The van der Waals surface area contributed by atoms with Crippen LogP contribution in [0.15, 0.2) is 0 Å². The summed E-state index contributed by atoms with van der Waals surface area (Å²) in [6.07, 6.45) is -0.983. The van der Waals surface area contributed by atoms with E-state index in [1.807, 2.05) is 6.92 Å². The predicted molar refractivity (Wildman–Crippen MR) is 57.3 cm³/mol. The molecule has 86 valence electrons. The Balaban J connectivity index is 2.52. The van der Waals surface area contributed by atoms with Crippen molar-refractivity contribution < 1.29 is 23.9 Å². The molecule has 4 unspecified atom stereocenters. The van der Waals surface area contributed by atoms with Crippen LogP contribution >= 0.6 is 6.72 Å². The van der Waals surface area contributed by atoms with E-state index in [1.54, 1.807) is 0 Å². The molecule has 0 spiro atoms. The minimum atomic E-state index is -3.68. The van der Waals surface area contributed by atoms with Crippen LogP contribution in [0.1, 0.15) is 6.92 Å². The second-order valence-corrected chi connectivity index (χ2v) is 6.05. The molecule has 1 heterocycles. The van der Waals surface area contributed by atoms with Crippen molar-refractivity contribution in [1.29, 1.82) is 0 Å². The molecule has 0 bridgehead atoms. The molecule has 1 rings (SSSR count). The van der Waals surface area contributed by atoms with Crippen LogP contribution in [0.3, 0.4) is 0 Å². The van der Waals surface area contributed by atoms with Gasteiger partial charge in [-0.2, -0.15) is 0 Å². The lowest BCUT2D eigenvalue weighted by molar-refractivity contribution is -0.0396. The lowest BCUT2D eigenvalue weighted by Crippen LogP contribution is -2.34. The van der Waals surface area contributed by atoms with Crippen LogP contribution in [0.4, 0.5) is 0 Å². The second kappa shape index (κ2) is 5.20. The number of nitrogens with two attached hydrogens (primary N) is 1. The van der Waals surface area contributed by atoms with Crippen molar-refractivity contribution >= 4 is 26.4 Å². The fourth-order valence-corrected chi connectivity index (χ4v) is 1.97. The van der Waals surface area contributed by atoms with E-state index >= 15 is 0 Å². The van der Waals surface area contributed by atoms with Crippen molar-refractivity contribution in [2.45, 2.75) is 25.1 Å². The first kappa shape index (κ1) is 13.5. The summed E-state index contributed by atoms with van der Waals surface area (Å²) in [5.41, 5.74) is 0. The van der Waals surface area contributed by atoms with Crippen LogP contribution < -0.4 is 5.90 Å². The van der Waals surface area contributed by atoms with E-state index in [4.69, 9.17) is 33.1 Å². The molecule has 9 heteroatoms. The standard InChI is InChI=1S/C6H13BNO5PS/c1-3-5(13-8)4(12-6(3)7)2-11-14(9,10)15/h3-6H,2,8H2,1H3,(H2,9,10,15). The third-order valence-electron chi connectivity index (χ3n) is 2.30. The fourth-order valence-electron chi connectivity index (χ4n) is 1.44. The van der Waals surface area contributed by atoms with Crippen molar-refractivity contribution in [2.24, 2.45) is 11.8 Å². The van der Waals surface area contributed by atoms with E-state index in [1.165, 1.54) is 0 Å². The van der Waals surface area contributed by atoms with Crippen molar-refractivity contribution in [3.8, 4) is 0 Å². The van der Waals surface area contributed by atoms with Crippen LogP contribution in [0, 0.1) is 5.92 Å². The number of hydrogen-bond donors (Lipinski definition) is 3. The Bertz CT molecular complexity index is 264. The largest absolute Gasteiger partial charge is 0.379 e. The van der Waals surface area contributed by atoms with E-state index in [0.717, 1.165) is 0 Å². The average molecular weight is 253 g/mol. The van der Waals surface area contributed by atoms with Gasteiger partial charge in [0.2, 0.25) is 0 Å². The van der Waals surface area contributed by atoms with Crippen LogP contribution in [0.2, 0.25) is 0 Å². The summed E-state index contributed by atoms with van der Waals surface area (Å²) in [5, 5.41) is 0. The summed E-state index contributed by atoms with van der Waals surface area (Å²) in [4.78, 5) is 22.4. The zero-order chi connectivity index (χ0) is 11.6. The molecule has 0 amide bonds. The van der Waals surface area contributed by atoms with E-state index in [9.17, 15) is 0 Å². The molecule has 4 N–H and O–H groups in total. The van der Waals surface area contributed by atoms with E-state index in [-0.39, 0.29) is 12.5 Å². The highest BCUT2D eigenvalue weighted by Crippen LogP contribution is 2.38. The van der Waals surface area contributed by atoms with Gasteiger partial charge >= 0.3 is 6.72 Å². The SMILES string of the molecule is [B]C1OC(COP(O)(O)=S)C(ON)C1C. The molecular weight excluding hydrogens is 240 g/mol. The van der Waals surface area contributed by atoms with E-state index in [0.29, 0.717) is 0 Å². The van der Waals surface area contributed by atoms with Gasteiger partial charge in [0.25, 0.3) is 0 Å². The second-order valence-electron chi connectivity index (χ2n) is 3.39. The molecule has 15 heavy (non-hydrogen) atoms. The summed E-state index contributed by atoms with van der Waals surface area (Å²) >= 11 is 4.29. The first-order valence-corrected chi connectivity index (χ1v) is 6.94. The molecule has 0 aromatic rings. The molecule has 1 fully saturated rings. The summed E-state index contributed by atoms with van der Waals surface area (Å²) in [6, 6.07) is -0.512. The molecule has 0 aromatic heterocycles. The van der Waals surface area contributed by atoms with Crippen molar-refractivity contribution in [2.75, 3.05) is 6.61 Å². The molecule has 0 aromatic carbocycles. The maximum Gasteiger partial charge on any atom is 0.321 e. The number of rotatable bonds is 4.